The molecule has 0 saturated carbocycles. The van der Waals surface area contributed by atoms with Crippen LogP contribution in [0.25, 0.3) is 0 Å². The summed E-state index contributed by atoms with van der Waals surface area (Å²) in [5.41, 5.74) is 2.73. The smallest absolute Gasteiger partial charge is 0.188 e. The second-order valence-corrected chi connectivity index (χ2v) is 3.23. The van der Waals surface area contributed by atoms with Gasteiger partial charge in [0.1, 0.15) is 12.6 Å². The fourth-order valence-electron chi connectivity index (χ4n) is 1.86. The maximum atomic E-state index is 5.41. The Balaban J connectivity index is 2.18. The number of benzene rings is 1. The first-order valence-electron chi connectivity index (χ1n) is 4.21. The van der Waals surface area contributed by atoms with E-state index in [1.807, 2.05) is 0 Å². The maximum Gasteiger partial charge on any atom is 0.188 e. The number of aliphatic imine (C=N–C) groups is 1. The lowest BCUT2D eigenvalue weighted by Gasteiger charge is -2.12. The van der Waals surface area contributed by atoms with Gasteiger partial charge in [0.25, 0.3) is 0 Å². The molecule has 0 amide bonds. The van der Waals surface area contributed by atoms with Gasteiger partial charge in [0, 0.05) is 6.42 Å². The zero-order valence-corrected chi connectivity index (χ0v) is 6.66. The zero-order valence-electron chi connectivity index (χ0n) is 6.66. The molecule has 1 atom stereocenters. The third-order valence-electron chi connectivity index (χ3n) is 2.46. The molecule has 2 aliphatic heterocycles. The zero-order chi connectivity index (χ0) is 7.97. The fraction of sp³-hybridized carbons (Fsp3) is 0.300. The van der Waals surface area contributed by atoms with Crippen LogP contribution in [-0.4, -0.2) is 12.5 Å². The van der Waals surface area contributed by atoms with E-state index in [0.717, 1.165) is 18.9 Å². The number of ether oxygens (including phenoxy) is 1. The number of hydrogen-bond donors (Lipinski definition) is 0. The third-order valence-corrected chi connectivity index (χ3v) is 2.46. The maximum absolute atomic E-state index is 5.41. The van der Waals surface area contributed by atoms with E-state index in [2.05, 4.69) is 29.3 Å². The average Bonchev–Trinajstić information content (AvgIpc) is 2.49. The topological polar surface area (TPSA) is 21.6 Å². The van der Waals surface area contributed by atoms with Gasteiger partial charge in [-0.15, -0.1) is 0 Å². The molecule has 2 bridgehead atoms. The molecule has 0 spiro atoms. The summed E-state index contributed by atoms with van der Waals surface area (Å²) < 4.78 is 5.41. The van der Waals surface area contributed by atoms with E-state index in [4.69, 9.17) is 4.74 Å². The second kappa shape index (κ2) is 2.09. The predicted molar refractivity (Wildman–Crippen MR) is 46.3 cm³/mol. The number of fused-ring (bicyclic) bond motifs is 3. The summed E-state index contributed by atoms with van der Waals surface area (Å²) in [6.07, 6.45) is 0.882. The Morgan fingerprint density at radius 2 is 2.25 bits per heavy atom. The quantitative estimate of drug-likeness (QED) is 0.564. The van der Waals surface area contributed by atoms with Crippen LogP contribution in [0, 0.1) is 0 Å². The van der Waals surface area contributed by atoms with Crippen molar-refractivity contribution in [2.24, 2.45) is 4.99 Å². The van der Waals surface area contributed by atoms with E-state index in [-0.39, 0.29) is 6.04 Å². The lowest BCUT2D eigenvalue weighted by Crippen LogP contribution is -2.07. The number of hydrogen-bond acceptors (Lipinski definition) is 2. The summed E-state index contributed by atoms with van der Waals surface area (Å²) in [7, 11) is 0. The Labute approximate surface area is 70.9 Å². The Hall–Kier alpha value is -1.31. The Morgan fingerprint density at radius 1 is 1.33 bits per heavy atom. The number of nitrogens with zero attached hydrogens (tertiary/aromatic N) is 1. The summed E-state index contributed by atoms with van der Waals surface area (Å²) in [5, 5.41) is 0. The molecule has 0 fully saturated rings. The first-order valence-corrected chi connectivity index (χ1v) is 4.21. The lowest BCUT2D eigenvalue weighted by atomic mass is 9.98. The van der Waals surface area contributed by atoms with Crippen molar-refractivity contribution in [3.8, 4) is 0 Å². The van der Waals surface area contributed by atoms with Crippen LogP contribution >= 0.6 is 0 Å². The molecule has 2 aliphatic rings. The van der Waals surface area contributed by atoms with Crippen molar-refractivity contribution < 1.29 is 4.74 Å². The van der Waals surface area contributed by atoms with Gasteiger partial charge >= 0.3 is 0 Å². The van der Waals surface area contributed by atoms with E-state index in [1.165, 1.54) is 11.1 Å². The van der Waals surface area contributed by atoms with Crippen LogP contribution in [0.3, 0.4) is 0 Å². The first kappa shape index (κ1) is 6.23. The van der Waals surface area contributed by atoms with Crippen molar-refractivity contribution in [3.05, 3.63) is 35.4 Å². The highest BCUT2D eigenvalue weighted by atomic mass is 16.5. The Bertz CT molecular complexity index is 357. The molecule has 0 N–H and O–H groups in total. The lowest BCUT2D eigenvalue weighted by molar-refractivity contribution is 0.319. The molecule has 0 aromatic heterocycles. The van der Waals surface area contributed by atoms with E-state index in [1.54, 1.807) is 0 Å². The van der Waals surface area contributed by atoms with E-state index in [0.29, 0.717) is 0 Å². The minimum absolute atomic E-state index is 0.282. The molecule has 2 heterocycles. The van der Waals surface area contributed by atoms with Crippen LogP contribution in [0.1, 0.15) is 17.2 Å². The predicted octanol–water partition coefficient (Wildman–Crippen LogP) is 1.71. The number of rotatable bonds is 0. The molecule has 12 heavy (non-hydrogen) atoms. The van der Waals surface area contributed by atoms with Crippen molar-refractivity contribution in [2.45, 2.75) is 12.5 Å². The van der Waals surface area contributed by atoms with Crippen molar-refractivity contribution in [1.82, 2.24) is 0 Å². The summed E-state index contributed by atoms with van der Waals surface area (Å²) in [5.74, 6) is 0.915. The van der Waals surface area contributed by atoms with Crippen molar-refractivity contribution in [1.29, 1.82) is 0 Å². The van der Waals surface area contributed by atoms with Crippen LogP contribution < -0.4 is 0 Å². The highest BCUT2D eigenvalue weighted by Crippen LogP contribution is 2.31. The van der Waals surface area contributed by atoms with Crippen molar-refractivity contribution in [2.75, 3.05) is 6.61 Å². The molecule has 2 nitrogen and oxygen atoms in total. The summed E-state index contributed by atoms with van der Waals surface area (Å²) in [6, 6.07) is 8.73. The molecule has 0 radical (unpaired) electrons. The van der Waals surface area contributed by atoms with Crippen molar-refractivity contribution in [3.63, 3.8) is 0 Å². The summed E-state index contributed by atoms with van der Waals surface area (Å²) in [6.45, 7) is 0.742. The molecule has 0 saturated heterocycles. The van der Waals surface area contributed by atoms with Crippen LogP contribution in [-0.2, 0) is 11.2 Å². The van der Waals surface area contributed by atoms with Crippen LogP contribution in [0.5, 0.6) is 0 Å². The van der Waals surface area contributed by atoms with Crippen LogP contribution in [0.4, 0.5) is 0 Å². The summed E-state index contributed by atoms with van der Waals surface area (Å²) >= 11 is 0. The molecule has 60 valence electrons. The largest absolute Gasteiger partial charge is 0.478 e. The minimum atomic E-state index is 0.282. The first-order chi connectivity index (χ1) is 5.93. The highest BCUT2D eigenvalue weighted by Gasteiger charge is 2.27. The van der Waals surface area contributed by atoms with Crippen LogP contribution in [0.15, 0.2) is 29.3 Å². The molecular formula is C10H9NO. The van der Waals surface area contributed by atoms with Gasteiger partial charge in [-0.25, -0.2) is 4.99 Å². The Kier molecular flexibility index (Phi) is 1.09. The minimum Gasteiger partial charge on any atom is -0.478 e. The van der Waals surface area contributed by atoms with Gasteiger partial charge < -0.3 is 4.74 Å². The molecule has 0 unspecified atom stereocenters. The normalized spacial score (nSPS) is 24.3. The SMILES string of the molecule is c1ccc2c(c1)CC1=N[C@@H]2CO1. The monoisotopic (exact) mass is 159 g/mol. The van der Waals surface area contributed by atoms with Gasteiger partial charge in [0.2, 0.25) is 0 Å². The third kappa shape index (κ3) is 0.721. The van der Waals surface area contributed by atoms with E-state index in [9.17, 15) is 0 Å². The fourth-order valence-corrected chi connectivity index (χ4v) is 1.86. The second-order valence-electron chi connectivity index (χ2n) is 3.23. The molecule has 3 rings (SSSR count). The standard InChI is InChI=1S/C10H9NO/c1-2-4-8-7(3-1)5-10-11-9(8)6-12-10/h1-4,9H,5-6H2/t9-/m1/s1. The Morgan fingerprint density at radius 3 is 3.25 bits per heavy atom. The van der Waals surface area contributed by atoms with Crippen molar-refractivity contribution >= 4 is 5.90 Å². The van der Waals surface area contributed by atoms with Gasteiger partial charge in [-0.1, -0.05) is 24.3 Å². The van der Waals surface area contributed by atoms with E-state index < -0.39 is 0 Å². The van der Waals surface area contributed by atoms with Gasteiger partial charge in [0.05, 0.1) is 0 Å². The molecular weight excluding hydrogens is 150 g/mol. The van der Waals surface area contributed by atoms with Gasteiger partial charge in [-0.05, 0) is 11.1 Å². The molecule has 1 aromatic rings. The molecule has 1 aromatic carbocycles. The average molecular weight is 159 g/mol. The van der Waals surface area contributed by atoms with E-state index >= 15 is 0 Å². The highest BCUT2D eigenvalue weighted by molar-refractivity contribution is 5.82. The van der Waals surface area contributed by atoms with Gasteiger partial charge in [-0.2, -0.15) is 0 Å². The molecule has 2 heteroatoms. The molecule has 0 aliphatic carbocycles. The van der Waals surface area contributed by atoms with Crippen LogP contribution in [0.2, 0.25) is 0 Å². The van der Waals surface area contributed by atoms with Gasteiger partial charge in [0.15, 0.2) is 5.90 Å². The van der Waals surface area contributed by atoms with Gasteiger partial charge in [-0.3, -0.25) is 0 Å². The summed E-state index contributed by atoms with van der Waals surface area (Å²) in [4.78, 5) is 4.43.